The van der Waals surface area contributed by atoms with Gasteiger partial charge in [0.2, 0.25) is 0 Å². The quantitative estimate of drug-likeness (QED) is 0.827. The third-order valence-electron chi connectivity index (χ3n) is 2.49. The molecule has 0 aliphatic heterocycles. The predicted molar refractivity (Wildman–Crippen MR) is 62.8 cm³/mol. The van der Waals surface area contributed by atoms with Crippen molar-refractivity contribution in [2.75, 3.05) is 0 Å². The molecule has 4 heteroatoms. The van der Waals surface area contributed by atoms with Crippen LogP contribution in [-0.2, 0) is 19.9 Å². The Kier molecular flexibility index (Phi) is 3.31. The summed E-state index contributed by atoms with van der Waals surface area (Å²) < 4.78 is 1.80. The summed E-state index contributed by atoms with van der Waals surface area (Å²) in [6.45, 7) is 0. The molecule has 2 heterocycles. The van der Waals surface area contributed by atoms with Crippen molar-refractivity contribution in [3.63, 3.8) is 0 Å². The first-order valence-electron chi connectivity index (χ1n) is 5.37. The third kappa shape index (κ3) is 2.90. The molecule has 1 unspecified atom stereocenters. The molecule has 0 saturated heterocycles. The molecule has 16 heavy (non-hydrogen) atoms. The molecule has 4 nitrogen and oxygen atoms in total. The lowest BCUT2D eigenvalue weighted by atomic mass is 10.0. The first kappa shape index (κ1) is 10.8. The van der Waals surface area contributed by atoms with Gasteiger partial charge in [-0.15, -0.1) is 0 Å². The summed E-state index contributed by atoms with van der Waals surface area (Å²) in [6.07, 6.45) is 7.20. The first-order valence-corrected chi connectivity index (χ1v) is 5.37. The van der Waals surface area contributed by atoms with Gasteiger partial charge in [0, 0.05) is 38.1 Å². The molecule has 0 radical (unpaired) electrons. The summed E-state index contributed by atoms with van der Waals surface area (Å²) in [4.78, 5) is 3.98. The Balaban J connectivity index is 1.92. The average Bonchev–Trinajstić information content (AvgIpc) is 2.65. The van der Waals surface area contributed by atoms with Gasteiger partial charge in [0.15, 0.2) is 0 Å². The van der Waals surface area contributed by atoms with Crippen molar-refractivity contribution in [3.8, 4) is 0 Å². The zero-order valence-electron chi connectivity index (χ0n) is 9.37. The molecule has 1 atom stereocenters. The maximum atomic E-state index is 6.08. The average molecular weight is 216 g/mol. The van der Waals surface area contributed by atoms with Crippen molar-refractivity contribution >= 4 is 0 Å². The smallest absolute Gasteiger partial charge is 0.0640 e. The van der Waals surface area contributed by atoms with E-state index in [4.69, 9.17) is 5.73 Å². The number of nitrogens with two attached hydrogens (primary N) is 1. The third-order valence-corrected chi connectivity index (χ3v) is 2.49. The van der Waals surface area contributed by atoms with Gasteiger partial charge in [0.1, 0.15) is 0 Å². The fourth-order valence-electron chi connectivity index (χ4n) is 1.73. The highest BCUT2D eigenvalue weighted by Gasteiger charge is 2.07. The van der Waals surface area contributed by atoms with E-state index >= 15 is 0 Å². The second kappa shape index (κ2) is 4.90. The van der Waals surface area contributed by atoms with Gasteiger partial charge in [0.25, 0.3) is 0 Å². The van der Waals surface area contributed by atoms with E-state index in [0.29, 0.717) is 0 Å². The SMILES string of the molecule is Cn1ccc(CC(N)Cc2ccncc2)n1. The maximum Gasteiger partial charge on any atom is 0.0640 e. The van der Waals surface area contributed by atoms with E-state index in [1.165, 1.54) is 5.56 Å². The van der Waals surface area contributed by atoms with E-state index in [1.807, 2.05) is 31.4 Å². The molecule has 0 aromatic carbocycles. The minimum Gasteiger partial charge on any atom is -0.327 e. The summed E-state index contributed by atoms with van der Waals surface area (Å²) in [5.41, 5.74) is 8.34. The summed E-state index contributed by atoms with van der Waals surface area (Å²) in [5.74, 6) is 0. The standard InChI is InChI=1S/C12H16N4/c1-16-7-4-12(15-16)9-11(13)8-10-2-5-14-6-3-10/h2-7,11H,8-9,13H2,1H3. The van der Waals surface area contributed by atoms with Gasteiger partial charge < -0.3 is 5.73 Å². The highest BCUT2D eigenvalue weighted by molar-refractivity contribution is 5.12. The highest BCUT2D eigenvalue weighted by atomic mass is 15.2. The van der Waals surface area contributed by atoms with Gasteiger partial charge in [-0.2, -0.15) is 5.10 Å². The first-order chi connectivity index (χ1) is 7.74. The van der Waals surface area contributed by atoms with Crippen molar-refractivity contribution in [3.05, 3.63) is 48.0 Å². The summed E-state index contributed by atoms with van der Waals surface area (Å²) in [6, 6.07) is 6.11. The number of rotatable bonds is 4. The fraction of sp³-hybridized carbons (Fsp3) is 0.333. The Hall–Kier alpha value is -1.68. The van der Waals surface area contributed by atoms with E-state index in [9.17, 15) is 0 Å². The lowest BCUT2D eigenvalue weighted by Crippen LogP contribution is -2.25. The van der Waals surface area contributed by atoms with E-state index in [0.717, 1.165) is 18.5 Å². The number of nitrogens with zero attached hydrogens (tertiary/aromatic N) is 3. The van der Waals surface area contributed by atoms with Crippen molar-refractivity contribution < 1.29 is 0 Å². The largest absolute Gasteiger partial charge is 0.327 e. The molecule has 0 aliphatic carbocycles. The lowest BCUT2D eigenvalue weighted by molar-refractivity contribution is 0.638. The van der Waals surface area contributed by atoms with E-state index in [1.54, 1.807) is 17.1 Å². The van der Waals surface area contributed by atoms with Crippen molar-refractivity contribution in [1.82, 2.24) is 14.8 Å². The second-order valence-electron chi connectivity index (χ2n) is 4.00. The molecule has 84 valence electrons. The zero-order chi connectivity index (χ0) is 11.4. The monoisotopic (exact) mass is 216 g/mol. The second-order valence-corrected chi connectivity index (χ2v) is 4.00. The van der Waals surface area contributed by atoms with Gasteiger partial charge in [-0.05, 0) is 30.2 Å². The van der Waals surface area contributed by atoms with Gasteiger partial charge >= 0.3 is 0 Å². The Morgan fingerprint density at radius 2 is 2.00 bits per heavy atom. The summed E-state index contributed by atoms with van der Waals surface area (Å²) >= 11 is 0. The molecule has 0 fully saturated rings. The summed E-state index contributed by atoms with van der Waals surface area (Å²) in [5, 5.41) is 4.32. The molecular weight excluding hydrogens is 200 g/mol. The van der Waals surface area contributed by atoms with Crippen LogP contribution in [0.2, 0.25) is 0 Å². The van der Waals surface area contributed by atoms with Gasteiger partial charge in [-0.1, -0.05) is 0 Å². The van der Waals surface area contributed by atoms with Crippen LogP contribution in [0.4, 0.5) is 0 Å². The number of pyridine rings is 1. The lowest BCUT2D eigenvalue weighted by Gasteiger charge is -2.09. The minimum atomic E-state index is 0.109. The van der Waals surface area contributed by atoms with Crippen LogP contribution in [0.15, 0.2) is 36.8 Å². The molecule has 0 spiro atoms. The van der Waals surface area contributed by atoms with Crippen LogP contribution < -0.4 is 5.73 Å². The Morgan fingerprint density at radius 3 is 2.62 bits per heavy atom. The molecular formula is C12H16N4. The number of aromatic nitrogens is 3. The molecule has 2 aromatic heterocycles. The summed E-state index contributed by atoms with van der Waals surface area (Å²) in [7, 11) is 1.91. The van der Waals surface area contributed by atoms with Crippen LogP contribution in [0.1, 0.15) is 11.3 Å². The normalized spacial score (nSPS) is 12.6. The van der Waals surface area contributed by atoms with Crippen LogP contribution in [0.25, 0.3) is 0 Å². The van der Waals surface area contributed by atoms with Crippen LogP contribution in [0.3, 0.4) is 0 Å². The topological polar surface area (TPSA) is 56.7 Å². The molecule has 2 rings (SSSR count). The fourth-order valence-corrected chi connectivity index (χ4v) is 1.73. The van der Waals surface area contributed by atoms with Gasteiger partial charge in [-0.3, -0.25) is 9.67 Å². The molecule has 0 amide bonds. The number of aryl methyl sites for hydroxylation is 1. The van der Waals surface area contributed by atoms with Crippen LogP contribution in [0.5, 0.6) is 0 Å². The molecule has 2 aromatic rings. The van der Waals surface area contributed by atoms with Crippen LogP contribution in [0, 0.1) is 0 Å². The van der Waals surface area contributed by atoms with E-state index in [2.05, 4.69) is 10.1 Å². The van der Waals surface area contributed by atoms with E-state index < -0.39 is 0 Å². The van der Waals surface area contributed by atoms with E-state index in [-0.39, 0.29) is 6.04 Å². The Bertz CT molecular complexity index is 435. The van der Waals surface area contributed by atoms with Crippen molar-refractivity contribution in [1.29, 1.82) is 0 Å². The molecule has 0 bridgehead atoms. The van der Waals surface area contributed by atoms with Crippen molar-refractivity contribution in [2.45, 2.75) is 18.9 Å². The van der Waals surface area contributed by atoms with Gasteiger partial charge in [0.05, 0.1) is 5.69 Å². The molecule has 0 saturated carbocycles. The van der Waals surface area contributed by atoms with Crippen LogP contribution in [-0.4, -0.2) is 20.8 Å². The molecule has 2 N–H and O–H groups in total. The van der Waals surface area contributed by atoms with Gasteiger partial charge in [-0.25, -0.2) is 0 Å². The maximum absolute atomic E-state index is 6.08. The highest BCUT2D eigenvalue weighted by Crippen LogP contribution is 2.05. The number of hydrogen-bond donors (Lipinski definition) is 1. The zero-order valence-corrected chi connectivity index (χ0v) is 9.37. The Morgan fingerprint density at radius 1 is 1.25 bits per heavy atom. The Labute approximate surface area is 95.1 Å². The number of hydrogen-bond acceptors (Lipinski definition) is 3. The van der Waals surface area contributed by atoms with Crippen LogP contribution >= 0.6 is 0 Å². The van der Waals surface area contributed by atoms with Crippen molar-refractivity contribution in [2.24, 2.45) is 12.8 Å². The minimum absolute atomic E-state index is 0.109. The predicted octanol–water partition coefficient (Wildman–Crippen LogP) is 0.928. The molecule has 0 aliphatic rings.